The number of pyridine rings is 1. The average molecular weight is 153 g/mol. The highest BCUT2D eigenvalue weighted by molar-refractivity contribution is 5.25. The Hall–Kier alpha value is -0.920. The standard InChI is InChI=1S/C9H12FN/c1-6(2)8-7(3)4-5-11-9(8)10/h4-6H,1-3H3. The second-order valence-electron chi connectivity index (χ2n) is 2.99. The number of aryl methyl sites for hydroxylation is 1. The van der Waals surface area contributed by atoms with Crippen molar-refractivity contribution in [1.82, 2.24) is 4.98 Å². The van der Waals surface area contributed by atoms with E-state index in [-0.39, 0.29) is 11.9 Å². The van der Waals surface area contributed by atoms with Gasteiger partial charge in [0.15, 0.2) is 0 Å². The summed E-state index contributed by atoms with van der Waals surface area (Å²) in [4.78, 5) is 3.59. The summed E-state index contributed by atoms with van der Waals surface area (Å²) in [5.74, 6) is -0.122. The Bertz CT molecular complexity index is 235. The zero-order chi connectivity index (χ0) is 8.43. The molecule has 0 fully saturated rings. The molecule has 0 N–H and O–H groups in total. The van der Waals surface area contributed by atoms with Gasteiger partial charge in [-0.15, -0.1) is 0 Å². The number of hydrogen-bond donors (Lipinski definition) is 0. The van der Waals surface area contributed by atoms with Crippen molar-refractivity contribution in [3.05, 3.63) is 29.3 Å². The van der Waals surface area contributed by atoms with Crippen molar-refractivity contribution in [2.45, 2.75) is 26.7 Å². The fraction of sp³-hybridized carbons (Fsp3) is 0.444. The van der Waals surface area contributed by atoms with Gasteiger partial charge < -0.3 is 0 Å². The van der Waals surface area contributed by atoms with Gasteiger partial charge in [0.2, 0.25) is 5.95 Å². The van der Waals surface area contributed by atoms with Gasteiger partial charge in [0, 0.05) is 11.8 Å². The van der Waals surface area contributed by atoms with E-state index in [0.717, 1.165) is 11.1 Å². The van der Waals surface area contributed by atoms with Crippen molar-refractivity contribution in [3.63, 3.8) is 0 Å². The zero-order valence-electron chi connectivity index (χ0n) is 7.06. The van der Waals surface area contributed by atoms with Crippen LogP contribution in [0.2, 0.25) is 0 Å². The van der Waals surface area contributed by atoms with Crippen molar-refractivity contribution in [2.75, 3.05) is 0 Å². The number of hydrogen-bond acceptors (Lipinski definition) is 1. The lowest BCUT2D eigenvalue weighted by Crippen LogP contribution is -1.98. The van der Waals surface area contributed by atoms with E-state index in [0.29, 0.717) is 0 Å². The number of aromatic nitrogens is 1. The van der Waals surface area contributed by atoms with Crippen molar-refractivity contribution in [2.24, 2.45) is 0 Å². The third-order valence-corrected chi connectivity index (χ3v) is 1.74. The molecule has 0 radical (unpaired) electrons. The van der Waals surface area contributed by atoms with Crippen molar-refractivity contribution in [3.8, 4) is 0 Å². The van der Waals surface area contributed by atoms with Crippen LogP contribution in [-0.2, 0) is 0 Å². The van der Waals surface area contributed by atoms with E-state index in [2.05, 4.69) is 4.98 Å². The summed E-state index contributed by atoms with van der Waals surface area (Å²) in [5, 5.41) is 0. The van der Waals surface area contributed by atoms with E-state index in [1.807, 2.05) is 26.8 Å². The van der Waals surface area contributed by atoms with Gasteiger partial charge in [0.25, 0.3) is 0 Å². The topological polar surface area (TPSA) is 12.9 Å². The van der Waals surface area contributed by atoms with E-state index in [4.69, 9.17) is 0 Å². The first-order chi connectivity index (χ1) is 5.13. The molecular weight excluding hydrogens is 141 g/mol. The summed E-state index contributed by atoms with van der Waals surface area (Å²) < 4.78 is 13.0. The van der Waals surface area contributed by atoms with Crippen molar-refractivity contribution < 1.29 is 4.39 Å². The lowest BCUT2D eigenvalue weighted by atomic mass is 10.0. The fourth-order valence-corrected chi connectivity index (χ4v) is 1.23. The minimum atomic E-state index is -0.333. The van der Waals surface area contributed by atoms with E-state index < -0.39 is 0 Å². The maximum atomic E-state index is 13.0. The van der Waals surface area contributed by atoms with Gasteiger partial charge in [0.05, 0.1) is 0 Å². The van der Waals surface area contributed by atoms with Crippen LogP contribution in [0, 0.1) is 12.9 Å². The van der Waals surface area contributed by atoms with Gasteiger partial charge in [-0.05, 0) is 24.5 Å². The Morgan fingerprint density at radius 2 is 2.09 bits per heavy atom. The summed E-state index contributed by atoms with van der Waals surface area (Å²) in [7, 11) is 0. The van der Waals surface area contributed by atoms with Crippen LogP contribution in [0.1, 0.15) is 30.9 Å². The van der Waals surface area contributed by atoms with Gasteiger partial charge in [-0.3, -0.25) is 0 Å². The maximum absolute atomic E-state index is 13.0. The zero-order valence-corrected chi connectivity index (χ0v) is 7.06. The summed E-state index contributed by atoms with van der Waals surface area (Å²) >= 11 is 0. The molecule has 2 heteroatoms. The van der Waals surface area contributed by atoms with Crippen molar-refractivity contribution >= 4 is 0 Å². The molecule has 0 saturated heterocycles. The Morgan fingerprint density at radius 1 is 1.45 bits per heavy atom. The molecule has 1 heterocycles. The maximum Gasteiger partial charge on any atom is 0.216 e. The molecule has 0 atom stereocenters. The molecule has 0 aromatic carbocycles. The van der Waals surface area contributed by atoms with Crippen LogP contribution in [0.5, 0.6) is 0 Å². The Morgan fingerprint density at radius 3 is 2.45 bits per heavy atom. The Labute approximate surface area is 66.3 Å². The molecule has 1 nitrogen and oxygen atoms in total. The molecule has 11 heavy (non-hydrogen) atoms. The Kier molecular flexibility index (Phi) is 2.22. The highest BCUT2D eigenvalue weighted by atomic mass is 19.1. The van der Waals surface area contributed by atoms with Crippen LogP contribution < -0.4 is 0 Å². The molecule has 0 saturated carbocycles. The molecule has 0 unspecified atom stereocenters. The van der Waals surface area contributed by atoms with Gasteiger partial charge in [-0.25, -0.2) is 4.98 Å². The second kappa shape index (κ2) is 2.99. The smallest absolute Gasteiger partial charge is 0.216 e. The minimum absolute atomic E-state index is 0.212. The van der Waals surface area contributed by atoms with Gasteiger partial charge in [-0.1, -0.05) is 13.8 Å². The lowest BCUT2D eigenvalue weighted by Gasteiger charge is -2.08. The lowest BCUT2D eigenvalue weighted by molar-refractivity contribution is 0.554. The molecule has 1 aromatic heterocycles. The molecule has 1 aromatic rings. The minimum Gasteiger partial charge on any atom is -0.228 e. The first kappa shape index (κ1) is 8.18. The molecule has 0 bridgehead atoms. The molecular formula is C9H12FN. The number of rotatable bonds is 1. The molecule has 0 aliphatic heterocycles. The SMILES string of the molecule is Cc1ccnc(F)c1C(C)C. The van der Waals surface area contributed by atoms with E-state index in [9.17, 15) is 4.39 Å². The van der Waals surface area contributed by atoms with Crippen LogP contribution in [0.25, 0.3) is 0 Å². The number of halogens is 1. The number of nitrogens with zero attached hydrogens (tertiary/aromatic N) is 1. The highest BCUT2D eigenvalue weighted by Gasteiger charge is 2.09. The highest BCUT2D eigenvalue weighted by Crippen LogP contribution is 2.19. The van der Waals surface area contributed by atoms with E-state index in [1.165, 1.54) is 6.20 Å². The van der Waals surface area contributed by atoms with Crippen LogP contribution in [-0.4, -0.2) is 4.98 Å². The summed E-state index contributed by atoms with van der Waals surface area (Å²) in [6.45, 7) is 5.83. The van der Waals surface area contributed by atoms with Crippen LogP contribution >= 0.6 is 0 Å². The van der Waals surface area contributed by atoms with E-state index >= 15 is 0 Å². The summed E-state index contributed by atoms with van der Waals surface area (Å²) in [6.07, 6.45) is 1.50. The monoisotopic (exact) mass is 153 g/mol. The van der Waals surface area contributed by atoms with Crippen molar-refractivity contribution in [1.29, 1.82) is 0 Å². The first-order valence-electron chi connectivity index (χ1n) is 3.74. The molecule has 0 spiro atoms. The van der Waals surface area contributed by atoms with E-state index in [1.54, 1.807) is 0 Å². The van der Waals surface area contributed by atoms with Gasteiger partial charge >= 0.3 is 0 Å². The molecule has 0 aliphatic rings. The summed E-state index contributed by atoms with van der Waals surface area (Å²) in [5.41, 5.74) is 1.71. The van der Waals surface area contributed by atoms with Crippen LogP contribution in [0.3, 0.4) is 0 Å². The molecule has 0 aliphatic carbocycles. The molecule has 60 valence electrons. The van der Waals surface area contributed by atoms with Gasteiger partial charge in [-0.2, -0.15) is 4.39 Å². The third-order valence-electron chi connectivity index (χ3n) is 1.74. The average Bonchev–Trinajstić information content (AvgIpc) is 1.85. The Balaban J connectivity index is 3.21. The normalized spacial score (nSPS) is 10.6. The predicted molar refractivity (Wildman–Crippen MR) is 43.0 cm³/mol. The fourth-order valence-electron chi connectivity index (χ4n) is 1.23. The van der Waals surface area contributed by atoms with Gasteiger partial charge in [0.1, 0.15) is 0 Å². The summed E-state index contributed by atoms with van der Waals surface area (Å²) in [6, 6.07) is 1.83. The molecule has 1 rings (SSSR count). The van der Waals surface area contributed by atoms with Crippen LogP contribution in [0.4, 0.5) is 4.39 Å². The predicted octanol–water partition coefficient (Wildman–Crippen LogP) is 2.65. The largest absolute Gasteiger partial charge is 0.228 e. The molecule has 0 amide bonds. The third kappa shape index (κ3) is 1.56. The quantitative estimate of drug-likeness (QED) is 0.565. The first-order valence-corrected chi connectivity index (χ1v) is 3.74. The van der Waals surface area contributed by atoms with Crippen LogP contribution in [0.15, 0.2) is 12.3 Å². The second-order valence-corrected chi connectivity index (χ2v) is 2.99.